The van der Waals surface area contributed by atoms with E-state index in [9.17, 15) is 9.18 Å². The van der Waals surface area contributed by atoms with Gasteiger partial charge in [-0.3, -0.25) is 4.79 Å². The van der Waals surface area contributed by atoms with Crippen molar-refractivity contribution >= 4 is 17.7 Å². The average molecular weight is 311 g/mol. The van der Waals surface area contributed by atoms with E-state index in [2.05, 4.69) is 5.32 Å². The van der Waals surface area contributed by atoms with Crippen LogP contribution >= 0.6 is 11.8 Å². The highest BCUT2D eigenvalue weighted by atomic mass is 32.2. The zero-order valence-electron chi connectivity index (χ0n) is 12.1. The van der Waals surface area contributed by atoms with Crippen LogP contribution in [0.5, 0.6) is 0 Å². The lowest BCUT2D eigenvalue weighted by molar-refractivity contribution is -0.135. The van der Waals surface area contributed by atoms with Crippen molar-refractivity contribution in [3.05, 3.63) is 35.6 Å². The van der Waals surface area contributed by atoms with E-state index >= 15 is 0 Å². The molecule has 1 atom stereocenters. The topological polar surface area (TPSA) is 38.3 Å². The molecule has 116 valence electrons. The van der Waals surface area contributed by atoms with E-state index < -0.39 is 0 Å². The molecule has 2 rings (SSSR count). The van der Waals surface area contributed by atoms with Crippen LogP contribution in [0.15, 0.2) is 24.3 Å². The lowest BCUT2D eigenvalue weighted by Crippen LogP contribution is -2.38. The van der Waals surface area contributed by atoms with Gasteiger partial charge in [0.05, 0.1) is 0 Å². The minimum atomic E-state index is -0.259. The number of rotatable bonds is 7. The molecule has 1 heterocycles. The summed E-state index contributed by atoms with van der Waals surface area (Å²) in [6.45, 7) is 1.35. The molecule has 0 unspecified atom stereocenters. The maximum Gasteiger partial charge on any atom is 0.249 e. The number of carbonyl (C=O) groups is 1. The van der Waals surface area contributed by atoms with Crippen molar-refractivity contribution in [2.24, 2.45) is 0 Å². The number of carbonyl (C=O) groups excluding carboxylic acids is 1. The van der Waals surface area contributed by atoms with Gasteiger partial charge in [0.1, 0.15) is 11.9 Å². The first-order chi connectivity index (χ1) is 10.3. The maximum atomic E-state index is 13.4. The van der Waals surface area contributed by atoms with Crippen LogP contribution in [0.2, 0.25) is 0 Å². The fourth-order valence-electron chi connectivity index (χ4n) is 2.24. The van der Waals surface area contributed by atoms with E-state index in [1.54, 1.807) is 17.8 Å². The van der Waals surface area contributed by atoms with Gasteiger partial charge in [0.25, 0.3) is 0 Å². The molecule has 1 amide bonds. The molecule has 0 bridgehead atoms. The molecule has 1 aromatic carbocycles. The van der Waals surface area contributed by atoms with E-state index in [4.69, 9.17) is 4.74 Å². The Balaban J connectivity index is 1.54. The van der Waals surface area contributed by atoms with Crippen LogP contribution in [0.1, 0.15) is 31.2 Å². The fourth-order valence-corrected chi connectivity index (χ4v) is 3.19. The quantitative estimate of drug-likeness (QED) is 0.786. The number of hydrogen-bond donors (Lipinski definition) is 1. The van der Waals surface area contributed by atoms with E-state index in [-0.39, 0.29) is 17.8 Å². The van der Waals surface area contributed by atoms with Gasteiger partial charge in [-0.15, -0.1) is 0 Å². The summed E-state index contributed by atoms with van der Waals surface area (Å²) >= 11 is 1.69. The molecule has 3 nitrogen and oxygen atoms in total. The predicted octanol–water partition coefficient (Wildman–Crippen LogP) is 3.13. The van der Waals surface area contributed by atoms with Crippen molar-refractivity contribution in [2.75, 3.05) is 18.9 Å². The van der Waals surface area contributed by atoms with E-state index in [0.29, 0.717) is 18.9 Å². The Bertz CT molecular complexity index is 450. The van der Waals surface area contributed by atoms with Crippen molar-refractivity contribution in [1.82, 2.24) is 5.32 Å². The Morgan fingerprint density at radius 2 is 2.24 bits per heavy atom. The zero-order chi connectivity index (χ0) is 14.9. The molecule has 1 saturated heterocycles. The smallest absolute Gasteiger partial charge is 0.249 e. The largest absolute Gasteiger partial charge is 0.368 e. The summed E-state index contributed by atoms with van der Waals surface area (Å²) in [5, 5.41) is 2.91. The van der Waals surface area contributed by atoms with E-state index in [1.807, 2.05) is 12.1 Å². The van der Waals surface area contributed by atoms with E-state index in [0.717, 1.165) is 37.0 Å². The first kappa shape index (κ1) is 16.3. The van der Waals surface area contributed by atoms with Crippen LogP contribution in [0.4, 0.5) is 4.39 Å². The molecular formula is C16H22FNO2S. The third-order valence-electron chi connectivity index (χ3n) is 3.45. The summed E-state index contributed by atoms with van der Waals surface area (Å²) < 4.78 is 18.8. The van der Waals surface area contributed by atoms with Gasteiger partial charge >= 0.3 is 0 Å². The van der Waals surface area contributed by atoms with Crippen LogP contribution in [0, 0.1) is 5.82 Å². The van der Waals surface area contributed by atoms with Gasteiger partial charge in [-0.25, -0.2) is 4.39 Å². The van der Waals surface area contributed by atoms with Gasteiger partial charge in [-0.05, 0) is 43.1 Å². The Kier molecular flexibility index (Phi) is 7.03. The van der Waals surface area contributed by atoms with Gasteiger partial charge < -0.3 is 10.1 Å². The second kappa shape index (κ2) is 9.05. The third kappa shape index (κ3) is 5.67. The minimum absolute atomic E-state index is 0.00815. The van der Waals surface area contributed by atoms with Gasteiger partial charge in [0.2, 0.25) is 5.91 Å². The fraction of sp³-hybridized carbons (Fsp3) is 0.562. The van der Waals surface area contributed by atoms with Crippen LogP contribution in [0.3, 0.4) is 0 Å². The van der Waals surface area contributed by atoms with Gasteiger partial charge in [-0.1, -0.05) is 18.2 Å². The molecule has 1 aliphatic rings. The Labute approximate surface area is 129 Å². The molecule has 5 heteroatoms. The van der Waals surface area contributed by atoms with Gasteiger partial charge in [0.15, 0.2) is 0 Å². The van der Waals surface area contributed by atoms with Crippen LogP contribution in [0.25, 0.3) is 0 Å². The highest BCUT2D eigenvalue weighted by Crippen LogP contribution is 2.16. The van der Waals surface area contributed by atoms with Crippen LogP contribution in [-0.4, -0.2) is 30.9 Å². The average Bonchev–Trinajstić information content (AvgIpc) is 2.53. The molecule has 0 radical (unpaired) electrons. The monoisotopic (exact) mass is 311 g/mol. The summed E-state index contributed by atoms with van der Waals surface area (Å²) in [5.41, 5.74) is 0.738. The van der Waals surface area contributed by atoms with Crippen LogP contribution < -0.4 is 5.32 Å². The molecule has 0 saturated carbocycles. The summed E-state index contributed by atoms with van der Waals surface area (Å²) in [6, 6.07) is 6.85. The molecule has 1 N–H and O–H groups in total. The highest BCUT2D eigenvalue weighted by molar-refractivity contribution is 7.98. The second-order valence-electron chi connectivity index (χ2n) is 5.14. The van der Waals surface area contributed by atoms with Gasteiger partial charge in [-0.2, -0.15) is 11.8 Å². The highest BCUT2D eigenvalue weighted by Gasteiger charge is 2.20. The predicted molar refractivity (Wildman–Crippen MR) is 83.8 cm³/mol. The zero-order valence-corrected chi connectivity index (χ0v) is 13.0. The number of benzene rings is 1. The SMILES string of the molecule is O=C(NCCCSCc1ccccc1F)[C@@H]1CCCCO1. The van der Waals surface area contributed by atoms with Crippen LogP contribution in [-0.2, 0) is 15.3 Å². The second-order valence-corrected chi connectivity index (χ2v) is 6.25. The molecule has 0 aromatic heterocycles. The molecule has 0 spiro atoms. The van der Waals surface area contributed by atoms with Crippen molar-refractivity contribution in [2.45, 2.75) is 37.5 Å². The molecule has 1 aromatic rings. The number of nitrogens with one attached hydrogen (secondary N) is 1. The lowest BCUT2D eigenvalue weighted by Gasteiger charge is -2.21. The number of hydrogen-bond acceptors (Lipinski definition) is 3. The molecule has 21 heavy (non-hydrogen) atoms. The molecule has 0 aliphatic carbocycles. The van der Waals surface area contributed by atoms with Crippen molar-refractivity contribution in [3.8, 4) is 0 Å². The number of thioether (sulfide) groups is 1. The number of halogens is 1. The first-order valence-electron chi connectivity index (χ1n) is 7.48. The number of amides is 1. The molecule has 1 aliphatic heterocycles. The van der Waals surface area contributed by atoms with E-state index in [1.165, 1.54) is 6.07 Å². The van der Waals surface area contributed by atoms with Crippen molar-refractivity contribution in [3.63, 3.8) is 0 Å². The minimum Gasteiger partial charge on any atom is -0.368 e. The van der Waals surface area contributed by atoms with Gasteiger partial charge in [0, 0.05) is 18.9 Å². The standard InChI is InChI=1S/C16H22FNO2S/c17-14-7-2-1-6-13(14)12-21-11-5-9-18-16(19)15-8-3-4-10-20-15/h1-2,6-7,15H,3-5,8-12H2,(H,18,19)/t15-/m0/s1. The molecular weight excluding hydrogens is 289 g/mol. The summed E-state index contributed by atoms with van der Waals surface area (Å²) in [5.74, 6) is 1.44. The lowest BCUT2D eigenvalue weighted by atomic mass is 10.1. The Morgan fingerprint density at radius 3 is 3.00 bits per heavy atom. The Hall–Kier alpha value is -1.07. The molecule has 1 fully saturated rings. The van der Waals surface area contributed by atoms with Crippen molar-refractivity contribution < 1.29 is 13.9 Å². The summed E-state index contributed by atoms with van der Waals surface area (Å²) in [6.07, 6.45) is 3.57. The number of ether oxygens (including phenoxy) is 1. The maximum absolute atomic E-state index is 13.4. The summed E-state index contributed by atoms with van der Waals surface area (Å²) in [7, 11) is 0. The summed E-state index contributed by atoms with van der Waals surface area (Å²) in [4.78, 5) is 11.8. The Morgan fingerprint density at radius 1 is 1.38 bits per heavy atom. The first-order valence-corrected chi connectivity index (χ1v) is 8.63. The third-order valence-corrected chi connectivity index (χ3v) is 4.54. The van der Waals surface area contributed by atoms with Crippen molar-refractivity contribution in [1.29, 1.82) is 0 Å². The normalized spacial score (nSPS) is 18.4.